The van der Waals surface area contributed by atoms with Gasteiger partial charge >= 0.3 is 0 Å². The van der Waals surface area contributed by atoms with Gasteiger partial charge in [0.15, 0.2) is 0 Å². The maximum atomic E-state index is 11.7. The van der Waals surface area contributed by atoms with E-state index in [0.717, 1.165) is 13.1 Å². The van der Waals surface area contributed by atoms with E-state index in [9.17, 15) is 9.59 Å². The summed E-state index contributed by atoms with van der Waals surface area (Å²) in [5, 5.41) is 8.81. The van der Waals surface area contributed by atoms with Crippen molar-refractivity contribution in [2.24, 2.45) is 11.8 Å². The minimum absolute atomic E-state index is 0.0975. The van der Waals surface area contributed by atoms with Crippen LogP contribution in [0.5, 0.6) is 0 Å². The fourth-order valence-corrected chi connectivity index (χ4v) is 2.73. The molecule has 0 aromatic carbocycles. The van der Waals surface area contributed by atoms with Crippen LogP contribution in [0, 0.1) is 11.8 Å². The smallest absolute Gasteiger partial charge is 0.225 e. The first kappa shape index (κ1) is 14.3. The molecule has 2 amide bonds. The highest BCUT2D eigenvalue weighted by molar-refractivity contribution is 5.80. The average Bonchev–Trinajstić information content (AvgIpc) is 2.34. The first-order chi connectivity index (χ1) is 9.25. The van der Waals surface area contributed by atoms with Gasteiger partial charge < -0.3 is 16.0 Å². The Morgan fingerprint density at radius 3 is 2.32 bits per heavy atom. The molecule has 0 aromatic heterocycles. The lowest BCUT2D eigenvalue weighted by Crippen LogP contribution is -2.51. The Hall–Kier alpha value is -1.10. The Morgan fingerprint density at radius 2 is 1.68 bits per heavy atom. The number of hydrogen-bond donors (Lipinski definition) is 3. The molecule has 2 aliphatic rings. The van der Waals surface area contributed by atoms with Crippen molar-refractivity contribution in [2.45, 2.75) is 38.5 Å². The van der Waals surface area contributed by atoms with E-state index >= 15 is 0 Å². The third-order valence-electron chi connectivity index (χ3n) is 4.10. The quantitative estimate of drug-likeness (QED) is 0.610. The standard InChI is InChI=1S/C14H25N3O2/c18-13(8-11-4-2-1-3-5-11)16-6-7-17-14(19)12-9-15-10-12/h11-12,15H,1-10H2,(H,16,18)(H,17,19). The van der Waals surface area contributed by atoms with E-state index in [0.29, 0.717) is 25.4 Å². The Kier molecular flexibility index (Phi) is 5.63. The van der Waals surface area contributed by atoms with Crippen molar-refractivity contribution < 1.29 is 9.59 Å². The molecular weight excluding hydrogens is 242 g/mol. The molecule has 2 rings (SSSR count). The number of rotatable bonds is 6. The molecule has 3 N–H and O–H groups in total. The molecular formula is C14H25N3O2. The molecule has 0 bridgehead atoms. The molecule has 1 heterocycles. The minimum atomic E-state index is 0.0975. The molecule has 1 aliphatic carbocycles. The van der Waals surface area contributed by atoms with Crippen LogP contribution in [0.1, 0.15) is 38.5 Å². The Balaban J connectivity index is 1.49. The first-order valence-electron chi connectivity index (χ1n) is 7.51. The summed E-state index contributed by atoms with van der Waals surface area (Å²) in [6.45, 7) is 2.63. The van der Waals surface area contributed by atoms with Gasteiger partial charge in [-0.05, 0) is 18.8 Å². The third-order valence-corrected chi connectivity index (χ3v) is 4.10. The van der Waals surface area contributed by atoms with Crippen LogP contribution >= 0.6 is 0 Å². The average molecular weight is 267 g/mol. The molecule has 2 fully saturated rings. The highest BCUT2D eigenvalue weighted by Crippen LogP contribution is 2.25. The maximum Gasteiger partial charge on any atom is 0.225 e. The van der Waals surface area contributed by atoms with E-state index in [1.807, 2.05) is 0 Å². The van der Waals surface area contributed by atoms with E-state index in [1.54, 1.807) is 0 Å². The second-order valence-corrected chi connectivity index (χ2v) is 5.70. The van der Waals surface area contributed by atoms with E-state index in [1.165, 1.54) is 32.1 Å². The lowest BCUT2D eigenvalue weighted by molar-refractivity contribution is -0.127. The number of carbonyl (C=O) groups excluding carboxylic acids is 2. The highest BCUT2D eigenvalue weighted by atomic mass is 16.2. The van der Waals surface area contributed by atoms with E-state index in [2.05, 4.69) is 16.0 Å². The van der Waals surface area contributed by atoms with Crippen molar-refractivity contribution in [3.05, 3.63) is 0 Å². The second-order valence-electron chi connectivity index (χ2n) is 5.70. The van der Waals surface area contributed by atoms with Crippen molar-refractivity contribution in [3.63, 3.8) is 0 Å². The van der Waals surface area contributed by atoms with Gasteiger partial charge in [0, 0.05) is 32.6 Å². The minimum Gasteiger partial charge on any atom is -0.354 e. The summed E-state index contributed by atoms with van der Waals surface area (Å²) in [4.78, 5) is 23.2. The molecule has 0 aromatic rings. The van der Waals surface area contributed by atoms with Crippen LogP contribution in [0.2, 0.25) is 0 Å². The van der Waals surface area contributed by atoms with Gasteiger partial charge in [0.05, 0.1) is 5.92 Å². The van der Waals surface area contributed by atoms with Gasteiger partial charge in [0.1, 0.15) is 0 Å². The number of nitrogens with one attached hydrogen (secondary N) is 3. The van der Waals surface area contributed by atoms with Gasteiger partial charge in [-0.3, -0.25) is 9.59 Å². The Bertz CT molecular complexity index is 310. The fourth-order valence-electron chi connectivity index (χ4n) is 2.73. The predicted molar refractivity (Wildman–Crippen MR) is 73.6 cm³/mol. The van der Waals surface area contributed by atoms with Crippen LogP contribution in [0.3, 0.4) is 0 Å². The van der Waals surface area contributed by atoms with E-state index in [4.69, 9.17) is 0 Å². The van der Waals surface area contributed by atoms with Gasteiger partial charge in [0.2, 0.25) is 11.8 Å². The monoisotopic (exact) mass is 267 g/mol. The summed E-state index contributed by atoms with van der Waals surface area (Å²) >= 11 is 0. The van der Waals surface area contributed by atoms with Gasteiger partial charge in [-0.1, -0.05) is 19.3 Å². The molecule has 0 spiro atoms. The van der Waals surface area contributed by atoms with Gasteiger partial charge in [-0.2, -0.15) is 0 Å². The van der Waals surface area contributed by atoms with Gasteiger partial charge in [-0.15, -0.1) is 0 Å². The maximum absolute atomic E-state index is 11.7. The third kappa shape index (κ3) is 4.82. The SMILES string of the molecule is O=C(CC1CCCCC1)NCCNC(=O)C1CNC1. The molecule has 1 saturated heterocycles. The molecule has 108 valence electrons. The van der Waals surface area contributed by atoms with Crippen molar-refractivity contribution in [1.29, 1.82) is 0 Å². The summed E-state index contributed by atoms with van der Waals surface area (Å²) in [7, 11) is 0. The zero-order valence-corrected chi connectivity index (χ0v) is 11.5. The van der Waals surface area contributed by atoms with Crippen molar-refractivity contribution in [1.82, 2.24) is 16.0 Å². The predicted octanol–water partition coefficient (Wildman–Crippen LogP) is 0.409. The zero-order valence-electron chi connectivity index (χ0n) is 11.5. The molecule has 1 saturated carbocycles. The fraction of sp³-hybridized carbons (Fsp3) is 0.857. The molecule has 0 unspecified atom stereocenters. The number of amides is 2. The molecule has 0 atom stereocenters. The van der Waals surface area contributed by atoms with Crippen LogP contribution in [0.4, 0.5) is 0 Å². The van der Waals surface area contributed by atoms with E-state index in [-0.39, 0.29) is 17.7 Å². The lowest BCUT2D eigenvalue weighted by atomic mass is 9.87. The number of carbonyl (C=O) groups is 2. The Labute approximate surface area is 114 Å². The van der Waals surface area contributed by atoms with Crippen molar-refractivity contribution >= 4 is 11.8 Å². The van der Waals surface area contributed by atoms with Crippen LogP contribution in [-0.2, 0) is 9.59 Å². The summed E-state index contributed by atoms with van der Waals surface area (Å²) in [6.07, 6.45) is 6.89. The summed E-state index contributed by atoms with van der Waals surface area (Å²) in [5.74, 6) is 0.925. The Morgan fingerprint density at radius 1 is 1.00 bits per heavy atom. The van der Waals surface area contributed by atoms with Crippen molar-refractivity contribution in [3.8, 4) is 0 Å². The van der Waals surface area contributed by atoms with Crippen molar-refractivity contribution in [2.75, 3.05) is 26.2 Å². The molecule has 5 nitrogen and oxygen atoms in total. The molecule has 19 heavy (non-hydrogen) atoms. The summed E-state index contributed by atoms with van der Waals surface area (Å²) in [5.41, 5.74) is 0. The molecule has 0 radical (unpaired) electrons. The topological polar surface area (TPSA) is 70.2 Å². The normalized spacial score (nSPS) is 20.6. The van der Waals surface area contributed by atoms with E-state index < -0.39 is 0 Å². The zero-order chi connectivity index (χ0) is 13.5. The highest BCUT2D eigenvalue weighted by Gasteiger charge is 2.24. The molecule has 5 heteroatoms. The first-order valence-corrected chi connectivity index (χ1v) is 7.51. The van der Waals surface area contributed by atoms with Gasteiger partial charge in [0.25, 0.3) is 0 Å². The van der Waals surface area contributed by atoms with Crippen LogP contribution in [-0.4, -0.2) is 38.0 Å². The molecule has 1 aliphatic heterocycles. The summed E-state index contributed by atoms with van der Waals surface area (Å²) < 4.78 is 0. The van der Waals surface area contributed by atoms with Crippen LogP contribution < -0.4 is 16.0 Å². The second kappa shape index (κ2) is 7.48. The lowest BCUT2D eigenvalue weighted by Gasteiger charge is -2.25. The number of hydrogen-bond acceptors (Lipinski definition) is 3. The van der Waals surface area contributed by atoms with Gasteiger partial charge in [-0.25, -0.2) is 0 Å². The van der Waals surface area contributed by atoms with Crippen LogP contribution in [0.25, 0.3) is 0 Å². The summed E-state index contributed by atoms with van der Waals surface area (Å²) in [6, 6.07) is 0. The van der Waals surface area contributed by atoms with Crippen LogP contribution in [0.15, 0.2) is 0 Å². The largest absolute Gasteiger partial charge is 0.354 e.